The molecule has 3 nitrogen and oxygen atoms in total. The van der Waals surface area contributed by atoms with E-state index in [0.717, 1.165) is 37.2 Å². The van der Waals surface area contributed by atoms with Crippen LogP contribution < -0.4 is 9.47 Å². The summed E-state index contributed by atoms with van der Waals surface area (Å²) in [4.78, 5) is 0. The van der Waals surface area contributed by atoms with Crippen molar-refractivity contribution in [2.75, 3.05) is 7.11 Å². The van der Waals surface area contributed by atoms with Crippen molar-refractivity contribution in [2.24, 2.45) is 11.8 Å². The highest BCUT2D eigenvalue weighted by Crippen LogP contribution is 2.35. The number of rotatable bonds is 5. The largest absolute Gasteiger partial charge is 0.493 e. The van der Waals surface area contributed by atoms with Gasteiger partial charge in [-0.15, -0.1) is 0 Å². The van der Waals surface area contributed by atoms with Gasteiger partial charge in [-0.3, -0.25) is 0 Å². The quantitative estimate of drug-likeness (QED) is 0.896. The number of ether oxygens (including phenoxy) is 2. The van der Waals surface area contributed by atoms with Gasteiger partial charge >= 0.3 is 0 Å². The molecule has 0 saturated heterocycles. The molecule has 0 radical (unpaired) electrons. The van der Waals surface area contributed by atoms with Crippen LogP contribution in [0.4, 0.5) is 0 Å². The van der Waals surface area contributed by atoms with Crippen LogP contribution in [0, 0.1) is 11.8 Å². The lowest BCUT2D eigenvalue weighted by Crippen LogP contribution is -2.39. The Morgan fingerprint density at radius 3 is 2.62 bits per heavy atom. The van der Waals surface area contributed by atoms with Gasteiger partial charge in [-0.1, -0.05) is 26.8 Å². The average Bonchev–Trinajstić information content (AvgIpc) is 2.49. The summed E-state index contributed by atoms with van der Waals surface area (Å²) in [5, 5.41) is 10.2. The summed E-state index contributed by atoms with van der Waals surface area (Å²) in [6.45, 7) is 6.61. The minimum Gasteiger partial charge on any atom is -0.493 e. The first-order valence-electron chi connectivity index (χ1n) is 8.06. The van der Waals surface area contributed by atoms with Gasteiger partial charge in [0, 0.05) is 0 Å². The molecule has 3 heteroatoms. The minimum atomic E-state index is -0.379. The maximum atomic E-state index is 10.2. The summed E-state index contributed by atoms with van der Waals surface area (Å²) in [5.74, 6) is 2.75. The number of hydrogen-bond acceptors (Lipinski definition) is 3. The second-order valence-electron chi connectivity index (χ2n) is 6.38. The van der Waals surface area contributed by atoms with Gasteiger partial charge in [-0.05, 0) is 55.2 Å². The van der Waals surface area contributed by atoms with Gasteiger partial charge in [-0.2, -0.15) is 0 Å². The molecular formula is C18H28O3. The zero-order chi connectivity index (χ0) is 15.4. The van der Waals surface area contributed by atoms with Crippen LogP contribution in [0.3, 0.4) is 0 Å². The van der Waals surface area contributed by atoms with Gasteiger partial charge in [0.2, 0.25) is 0 Å². The predicted molar refractivity (Wildman–Crippen MR) is 85.0 cm³/mol. The Bertz CT molecular complexity index is 456. The molecule has 0 amide bonds. The monoisotopic (exact) mass is 292 g/mol. The molecule has 1 aromatic carbocycles. The predicted octanol–water partition coefficient (Wildman–Crippen LogP) is 3.82. The van der Waals surface area contributed by atoms with E-state index < -0.39 is 0 Å². The third-order valence-corrected chi connectivity index (χ3v) is 4.65. The number of methoxy groups -OCH3 is 1. The Morgan fingerprint density at radius 2 is 2.00 bits per heavy atom. The molecule has 1 fully saturated rings. The molecule has 21 heavy (non-hydrogen) atoms. The number of aliphatic hydroxyl groups excluding tert-OH is 1. The van der Waals surface area contributed by atoms with Crippen molar-refractivity contribution in [2.45, 2.75) is 58.7 Å². The first-order chi connectivity index (χ1) is 10.0. The Labute approximate surface area is 128 Å². The van der Waals surface area contributed by atoms with Crippen LogP contribution in [0.25, 0.3) is 0 Å². The molecule has 3 unspecified atom stereocenters. The third kappa shape index (κ3) is 3.91. The van der Waals surface area contributed by atoms with Crippen molar-refractivity contribution in [3.63, 3.8) is 0 Å². The van der Waals surface area contributed by atoms with Crippen molar-refractivity contribution in [1.82, 2.24) is 0 Å². The summed E-state index contributed by atoms with van der Waals surface area (Å²) in [6.07, 6.45) is 3.28. The molecule has 1 aliphatic rings. The Morgan fingerprint density at radius 1 is 1.24 bits per heavy atom. The summed E-state index contributed by atoms with van der Waals surface area (Å²) in [6, 6.07) is 6.04. The van der Waals surface area contributed by atoms with Crippen molar-refractivity contribution in [3.8, 4) is 11.5 Å². The van der Waals surface area contributed by atoms with Crippen LogP contribution in [0.2, 0.25) is 0 Å². The van der Waals surface area contributed by atoms with Crippen LogP contribution in [0.1, 0.15) is 45.6 Å². The standard InChI is InChI=1S/C18H28O3/c1-5-13-6-9-16(18(10-13)20-4)21-17-11-14(12(2)3)7-8-15(17)19/h6,9-10,12,14-15,17,19H,5,7-8,11H2,1-4H3. The number of benzene rings is 1. The van der Waals surface area contributed by atoms with Crippen LogP contribution in [-0.4, -0.2) is 24.4 Å². The Kier molecular flexibility index (Phi) is 5.51. The lowest BCUT2D eigenvalue weighted by Gasteiger charge is -2.35. The van der Waals surface area contributed by atoms with E-state index in [-0.39, 0.29) is 12.2 Å². The van der Waals surface area contributed by atoms with E-state index in [1.807, 2.05) is 12.1 Å². The fourth-order valence-corrected chi connectivity index (χ4v) is 3.07. The normalized spacial score (nSPS) is 25.9. The third-order valence-electron chi connectivity index (χ3n) is 4.65. The van der Waals surface area contributed by atoms with Crippen molar-refractivity contribution in [3.05, 3.63) is 23.8 Å². The highest BCUT2D eigenvalue weighted by molar-refractivity contribution is 5.43. The van der Waals surface area contributed by atoms with Crippen LogP contribution in [0.15, 0.2) is 18.2 Å². The summed E-state index contributed by atoms with van der Waals surface area (Å²) in [5.41, 5.74) is 1.23. The molecule has 1 N–H and O–H groups in total. The maximum absolute atomic E-state index is 10.2. The van der Waals surface area contributed by atoms with E-state index >= 15 is 0 Å². The molecule has 2 rings (SSSR count). The lowest BCUT2D eigenvalue weighted by atomic mass is 9.79. The summed E-state index contributed by atoms with van der Waals surface area (Å²) < 4.78 is 11.5. The second-order valence-corrected chi connectivity index (χ2v) is 6.38. The smallest absolute Gasteiger partial charge is 0.161 e. The van der Waals surface area contributed by atoms with Gasteiger partial charge in [0.1, 0.15) is 6.10 Å². The second kappa shape index (κ2) is 7.17. The molecule has 0 heterocycles. The van der Waals surface area contributed by atoms with E-state index in [9.17, 15) is 5.11 Å². The lowest BCUT2D eigenvalue weighted by molar-refractivity contribution is -0.0186. The van der Waals surface area contributed by atoms with Crippen molar-refractivity contribution >= 4 is 0 Å². The van der Waals surface area contributed by atoms with Gasteiger partial charge in [0.05, 0.1) is 13.2 Å². The van der Waals surface area contributed by atoms with E-state index in [0.29, 0.717) is 11.8 Å². The first-order valence-corrected chi connectivity index (χ1v) is 8.06. The van der Waals surface area contributed by atoms with Crippen LogP contribution >= 0.6 is 0 Å². The number of aliphatic hydroxyl groups is 1. The van der Waals surface area contributed by atoms with Crippen LogP contribution in [0.5, 0.6) is 11.5 Å². The number of aryl methyl sites for hydroxylation is 1. The molecule has 1 aromatic rings. The minimum absolute atomic E-state index is 0.132. The topological polar surface area (TPSA) is 38.7 Å². The fourth-order valence-electron chi connectivity index (χ4n) is 3.07. The SMILES string of the molecule is CCc1ccc(OC2CC(C(C)C)CCC2O)c(OC)c1. The molecule has 3 atom stereocenters. The Balaban J connectivity index is 2.12. The molecular weight excluding hydrogens is 264 g/mol. The summed E-state index contributed by atoms with van der Waals surface area (Å²) >= 11 is 0. The molecule has 0 aliphatic heterocycles. The highest BCUT2D eigenvalue weighted by atomic mass is 16.5. The van der Waals surface area contributed by atoms with Gasteiger partial charge in [-0.25, -0.2) is 0 Å². The van der Waals surface area contributed by atoms with E-state index in [1.165, 1.54) is 5.56 Å². The van der Waals surface area contributed by atoms with Crippen LogP contribution in [-0.2, 0) is 6.42 Å². The molecule has 118 valence electrons. The van der Waals surface area contributed by atoms with E-state index in [2.05, 4.69) is 26.8 Å². The molecule has 1 saturated carbocycles. The number of hydrogen-bond donors (Lipinski definition) is 1. The zero-order valence-electron chi connectivity index (χ0n) is 13.6. The maximum Gasteiger partial charge on any atom is 0.161 e. The van der Waals surface area contributed by atoms with Crippen molar-refractivity contribution < 1.29 is 14.6 Å². The summed E-state index contributed by atoms with van der Waals surface area (Å²) in [7, 11) is 1.66. The molecule has 1 aliphatic carbocycles. The van der Waals surface area contributed by atoms with E-state index in [1.54, 1.807) is 7.11 Å². The van der Waals surface area contributed by atoms with Gasteiger partial charge in [0.25, 0.3) is 0 Å². The zero-order valence-corrected chi connectivity index (χ0v) is 13.6. The average molecular weight is 292 g/mol. The van der Waals surface area contributed by atoms with Gasteiger partial charge < -0.3 is 14.6 Å². The molecule has 0 spiro atoms. The fraction of sp³-hybridized carbons (Fsp3) is 0.667. The highest BCUT2D eigenvalue weighted by Gasteiger charge is 2.32. The molecule has 0 aromatic heterocycles. The first kappa shape index (κ1) is 16.2. The molecule has 0 bridgehead atoms. The van der Waals surface area contributed by atoms with E-state index in [4.69, 9.17) is 9.47 Å². The Hall–Kier alpha value is -1.22. The van der Waals surface area contributed by atoms with Gasteiger partial charge in [0.15, 0.2) is 11.5 Å². The van der Waals surface area contributed by atoms with Crippen molar-refractivity contribution in [1.29, 1.82) is 0 Å².